The summed E-state index contributed by atoms with van der Waals surface area (Å²) in [5.74, 6) is -2.71. The Morgan fingerprint density at radius 3 is 2.24 bits per heavy atom. The number of rotatable bonds is 8. The Balaban J connectivity index is 1.69. The molecule has 0 saturated carbocycles. The lowest BCUT2D eigenvalue weighted by Crippen LogP contribution is -2.58. The van der Waals surface area contributed by atoms with Crippen molar-refractivity contribution in [3.63, 3.8) is 0 Å². The third kappa shape index (κ3) is 5.32. The van der Waals surface area contributed by atoms with Crippen LogP contribution in [0.5, 0.6) is 0 Å². The number of amides is 4. The number of ether oxygens (including phenoxy) is 1. The van der Waals surface area contributed by atoms with Gasteiger partial charge < -0.3 is 35.2 Å². The molecule has 3 aliphatic rings. The molecule has 20 nitrogen and oxygen atoms in total. The molecule has 2 fully saturated rings. The maximum absolute atomic E-state index is 12.3. The second-order valence-electron chi connectivity index (χ2n) is 6.57. The van der Waals surface area contributed by atoms with Gasteiger partial charge in [0.1, 0.15) is 12.3 Å². The van der Waals surface area contributed by atoms with Crippen molar-refractivity contribution in [2.45, 2.75) is 30.5 Å². The van der Waals surface area contributed by atoms with Crippen LogP contribution in [0, 0.1) is 0 Å². The molecule has 6 atom stereocenters. The average molecular weight is 539 g/mol. The monoisotopic (exact) mass is 539 g/mol. The van der Waals surface area contributed by atoms with E-state index in [0.717, 1.165) is 0 Å². The van der Waals surface area contributed by atoms with Gasteiger partial charge in [-0.05, 0) is 0 Å². The van der Waals surface area contributed by atoms with Gasteiger partial charge in [-0.15, -0.1) is 0 Å². The number of nitrogens with two attached hydrogens (primary N) is 1. The van der Waals surface area contributed by atoms with E-state index >= 15 is 0 Å². The lowest BCUT2D eigenvalue weighted by Gasteiger charge is -2.31. The summed E-state index contributed by atoms with van der Waals surface area (Å²) in [6.07, 6.45) is -5.00. The average Bonchev–Trinajstić information content (AvgIpc) is 3.17. The topological polar surface area (TPSA) is 306 Å². The Kier molecular flexibility index (Phi) is 6.62. The van der Waals surface area contributed by atoms with Crippen LogP contribution in [0.25, 0.3) is 0 Å². The van der Waals surface area contributed by atoms with Crippen LogP contribution in [-0.2, 0) is 41.2 Å². The molecule has 3 unspecified atom stereocenters. The number of nitrogens with one attached hydrogen (secondary N) is 2. The summed E-state index contributed by atoms with van der Waals surface area (Å²) >= 11 is 0. The molecule has 3 aliphatic heterocycles. The molecule has 0 radical (unpaired) electrons. The van der Waals surface area contributed by atoms with E-state index in [1.165, 1.54) is 0 Å². The summed E-state index contributed by atoms with van der Waals surface area (Å²) in [6, 6.07) is -1.13. The highest BCUT2D eigenvalue weighted by molar-refractivity contribution is 7.66. The van der Waals surface area contributed by atoms with E-state index in [4.69, 9.17) is 25.2 Å². The quantitative estimate of drug-likeness (QED) is 0.0842. The van der Waals surface area contributed by atoms with Gasteiger partial charge in [0, 0.05) is 6.42 Å². The summed E-state index contributed by atoms with van der Waals surface area (Å²) in [4.78, 5) is 76.6. The molecule has 3 rings (SSSR count). The Bertz CT molecular complexity index is 1060. The van der Waals surface area contributed by atoms with Gasteiger partial charge >= 0.3 is 35.2 Å². The smallest absolute Gasteiger partial charge is 0.390 e. The number of imide groups is 1. The first kappa shape index (κ1) is 25.8. The van der Waals surface area contributed by atoms with Crippen LogP contribution in [-0.4, -0.2) is 84.1 Å². The molecule has 4 amide bonds. The molecule has 0 bridgehead atoms. The number of hydrogen-bond donors (Lipinski definition) is 8. The largest absolute Gasteiger partial charge is 0.490 e. The third-order valence-corrected chi connectivity index (χ3v) is 8.06. The fourth-order valence-corrected chi connectivity index (χ4v) is 6.14. The molecule has 0 aromatic carbocycles. The van der Waals surface area contributed by atoms with Gasteiger partial charge in [-0.25, -0.2) is 23.5 Å². The zero-order valence-corrected chi connectivity index (χ0v) is 18.5. The molecule has 23 heteroatoms. The second kappa shape index (κ2) is 8.46. The SMILES string of the molecule is NC1=NC2(C(=O)NC(=O)N2[C@H]2C[C@H](O)[C@@H](COP(=O)(O)OP(=O)(O)OP(=O)(O)O)O2)C(=O)N1. The minimum absolute atomic E-state index is 0.449. The predicted octanol–water partition coefficient (Wildman–Crippen LogP) is -3.50. The van der Waals surface area contributed by atoms with Crippen LogP contribution in [0.3, 0.4) is 0 Å². The van der Waals surface area contributed by atoms with Crippen LogP contribution in [0.1, 0.15) is 6.42 Å². The number of carbonyl (C=O) groups excluding carboxylic acids is 3. The van der Waals surface area contributed by atoms with E-state index in [1.54, 1.807) is 0 Å². The maximum atomic E-state index is 12.3. The number of hydrogen-bond acceptors (Lipinski definition) is 13. The summed E-state index contributed by atoms with van der Waals surface area (Å²) in [6.45, 7) is -1.03. The minimum atomic E-state index is -5.76. The first-order chi connectivity index (χ1) is 15.0. The van der Waals surface area contributed by atoms with E-state index in [2.05, 4.69) is 18.1 Å². The number of nitrogens with zero attached hydrogens (tertiary/aromatic N) is 2. The Labute approximate surface area is 182 Å². The van der Waals surface area contributed by atoms with E-state index in [9.17, 15) is 38.1 Å². The second-order valence-corrected chi connectivity index (χ2v) is 11.0. The minimum Gasteiger partial charge on any atom is -0.390 e. The van der Waals surface area contributed by atoms with Crippen molar-refractivity contribution in [1.29, 1.82) is 0 Å². The fourth-order valence-electron chi connectivity index (χ4n) is 3.11. The van der Waals surface area contributed by atoms with Gasteiger partial charge in [-0.1, -0.05) is 0 Å². The molecule has 2 saturated heterocycles. The van der Waals surface area contributed by atoms with Crippen LogP contribution < -0.4 is 16.4 Å². The number of phosphoric ester groups is 1. The van der Waals surface area contributed by atoms with E-state index in [-0.39, 0.29) is 0 Å². The van der Waals surface area contributed by atoms with Gasteiger partial charge in [0.2, 0.25) is 0 Å². The summed E-state index contributed by atoms with van der Waals surface area (Å²) in [5, 5.41) is 14.0. The molecule has 9 N–H and O–H groups in total. The number of aliphatic imine (C=N–C) groups is 1. The Morgan fingerprint density at radius 1 is 1.09 bits per heavy atom. The van der Waals surface area contributed by atoms with Crippen LogP contribution in [0.15, 0.2) is 4.99 Å². The molecule has 33 heavy (non-hydrogen) atoms. The summed E-state index contributed by atoms with van der Waals surface area (Å²) < 4.78 is 50.5. The van der Waals surface area contributed by atoms with Crippen LogP contribution in [0.4, 0.5) is 4.79 Å². The molecule has 1 spiro atoms. The summed E-state index contributed by atoms with van der Waals surface area (Å²) in [7, 11) is -16.9. The molecule has 0 aliphatic carbocycles. The van der Waals surface area contributed by atoms with Crippen molar-refractivity contribution in [2.75, 3.05) is 6.61 Å². The number of guanidine groups is 1. The number of urea groups is 1. The maximum Gasteiger partial charge on any atom is 0.490 e. The Morgan fingerprint density at radius 2 is 1.70 bits per heavy atom. The molecular formula is C10H16N5O15P3. The van der Waals surface area contributed by atoms with Gasteiger partial charge in [-0.3, -0.25) is 29.6 Å². The standard InChI is InChI=1S/C10H16N5O15P3/c11-8-12-6(17)10(14-8)7(18)13-9(19)15(10)5-1-3(16)4(28-5)2-27-32(23,24)30-33(25,26)29-31(20,21)22/h3-5,16H,1-2H2,(H,23,24)(H,25,26)(H,13,18,19)(H2,20,21,22)(H3,11,12,14,17)/t3-,4+,5+,10?/m0/s1. The summed E-state index contributed by atoms with van der Waals surface area (Å²) in [5.41, 5.74) is 2.94. The van der Waals surface area contributed by atoms with Gasteiger partial charge in [-0.2, -0.15) is 8.62 Å². The van der Waals surface area contributed by atoms with E-state index < -0.39 is 84.4 Å². The van der Waals surface area contributed by atoms with Gasteiger partial charge in [0.05, 0.1) is 12.7 Å². The molecule has 0 aromatic rings. The highest BCUT2D eigenvalue weighted by atomic mass is 31.3. The van der Waals surface area contributed by atoms with Crippen LogP contribution in [0.2, 0.25) is 0 Å². The number of aliphatic hydroxyl groups excluding tert-OH is 1. The van der Waals surface area contributed by atoms with Crippen molar-refractivity contribution in [1.82, 2.24) is 15.5 Å². The number of carbonyl (C=O) groups is 3. The lowest BCUT2D eigenvalue weighted by atomic mass is 10.1. The normalized spacial score (nSPS) is 33.6. The van der Waals surface area contributed by atoms with Crippen molar-refractivity contribution in [3.8, 4) is 0 Å². The number of phosphoric acid groups is 3. The van der Waals surface area contributed by atoms with Crippen molar-refractivity contribution in [2.24, 2.45) is 10.7 Å². The van der Waals surface area contributed by atoms with Crippen molar-refractivity contribution < 1.29 is 70.6 Å². The molecular weight excluding hydrogens is 523 g/mol. The van der Waals surface area contributed by atoms with Crippen molar-refractivity contribution in [3.05, 3.63) is 0 Å². The Hall–Kier alpha value is -1.79. The predicted molar refractivity (Wildman–Crippen MR) is 97.0 cm³/mol. The first-order valence-corrected chi connectivity index (χ1v) is 12.9. The van der Waals surface area contributed by atoms with Gasteiger partial charge in [0.15, 0.2) is 5.96 Å². The molecule has 3 heterocycles. The lowest BCUT2D eigenvalue weighted by molar-refractivity contribution is -0.145. The van der Waals surface area contributed by atoms with Crippen molar-refractivity contribution >= 4 is 47.3 Å². The fraction of sp³-hybridized carbons (Fsp3) is 0.600. The van der Waals surface area contributed by atoms with E-state index in [0.29, 0.717) is 4.90 Å². The van der Waals surface area contributed by atoms with Gasteiger partial charge in [0.25, 0.3) is 11.8 Å². The molecule has 186 valence electrons. The van der Waals surface area contributed by atoms with Crippen LogP contribution >= 0.6 is 23.5 Å². The zero-order valence-electron chi connectivity index (χ0n) is 15.8. The first-order valence-electron chi connectivity index (χ1n) is 8.39. The van der Waals surface area contributed by atoms with E-state index in [1.807, 2.05) is 10.6 Å². The molecule has 0 aromatic heterocycles. The number of aliphatic hydroxyl groups is 1. The highest BCUT2D eigenvalue weighted by Gasteiger charge is 2.65. The zero-order chi connectivity index (χ0) is 25.0. The highest BCUT2D eigenvalue weighted by Crippen LogP contribution is 2.66. The third-order valence-electron chi connectivity index (χ3n) is 4.25.